The van der Waals surface area contributed by atoms with Crippen LogP contribution in [0.1, 0.15) is 40.5 Å². The van der Waals surface area contributed by atoms with E-state index < -0.39 is 0 Å². The van der Waals surface area contributed by atoms with Crippen molar-refractivity contribution in [2.45, 2.75) is 52.6 Å². The summed E-state index contributed by atoms with van der Waals surface area (Å²) < 4.78 is 0. The van der Waals surface area contributed by atoms with Crippen molar-refractivity contribution in [3.8, 4) is 0 Å². The molecule has 1 aliphatic rings. The lowest BCUT2D eigenvalue weighted by molar-refractivity contribution is 0.154. The first-order valence-corrected chi connectivity index (χ1v) is 6.12. The normalized spacial score (nSPS) is 26.8. The molecular formula is C12H26N2. The molecule has 2 unspecified atom stereocenters. The Balaban J connectivity index is 2.35. The van der Waals surface area contributed by atoms with Crippen molar-refractivity contribution in [3.63, 3.8) is 0 Å². The van der Waals surface area contributed by atoms with Crippen molar-refractivity contribution in [1.29, 1.82) is 0 Å². The Labute approximate surface area is 89.1 Å². The van der Waals surface area contributed by atoms with Crippen molar-refractivity contribution in [2.24, 2.45) is 5.92 Å². The van der Waals surface area contributed by atoms with Gasteiger partial charge in [0.05, 0.1) is 0 Å². The minimum Gasteiger partial charge on any atom is -0.312 e. The summed E-state index contributed by atoms with van der Waals surface area (Å²) in [6.07, 6.45) is 2.78. The van der Waals surface area contributed by atoms with Crippen LogP contribution in [0.3, 0.4) is 0 Å². The molecule has 1 saturated heterocycles. The summed E-state index contributed by atoms with van der Waals surface area (Å²) in [6, 6.07) is 1.28. The van der Waals surface area contributed by atoms with Crippen LogP contribution in [0.15, 0.2) is 0 Å². The van der Waals surface area contributed by atoms with Crippen LogP contribution in [0.2, 0.25) is 0 Å². The van der Waals surface area contributed by atoms with E-state index in [9.17, 15) is 0 Å². The highest BCUT2D eigenvalue weighted by molar-refractivity contribution is 4.80. The zero-order chi connectivity index (χ0) is 10.6. The van der Waals surface area contributed by atoms with Gasteiger partial charge in [0.1, 0.15) is 0 Å². The molecule has 0 aromatic rings. The third-order valence-corrected chi connectivity index (χ3v) is 3.29. The van der Waals surface area contributed by atoms with Gasteiger partial charge in [0.2, 0.25) is 0 Å². The van der Waals surface area contributed by atoms with Crippen LogP contribution in [0.4, 0.5) is 0 Å². The molecule has 0 spiro atoms. The van der Waals surface area contributed by atoms with Crippen molar-refractivity contribution >= 4 is 0 Å². The van der Waals surface area contributed by atoms with Gasteiger partial charge in [-0.05, 0) is 38.8 Å². The summed E-state index contributed by atoms with van der Waals surface area (Å²) in [7, 11) is 0. The predicted octanol–water partition coefficient (Wildman–Crippen LogP) is 2.10. The van der Waals surface area contributed by atoms with Gasteiger partial charge in [0, 0.05) is 18.6 Å². The Bertz CT molecular complexity index is 156. The molecule has 1 aliphatic heterocycles. The monoisotopic (exact) mass is 198 g/mol. The van der Waals surface area contributed by atoms with Crippen molar-refractivity contribution < 1.29 is 0 Å². The lowest BCUT2D eigenvalue weighted by atomic mass is 9.91. The average molecular weight is 198 g/mol. The number of likely N-dealkylation sites (tertiary alicyclic amines) is 1. The summed E-state index contributed by atoms with van der Waals surface area (Å²) in [5.74, 6) is 0.853. The van der Waals surface area contributed by atoms with Crippen LogP contribution in [0.25, 0.3) is 0 Å². The van der Waals surface area contributed by atoms with E-state index in [1.165, 1.54) is 32.5 Å². The van der Waals surface area contributed by atoms with Gasteiger partial charge in [-0.25, -0.2) is 0 Å². The van der Waals surface area contributed by atoms with Crippen molar-refractivity contribution in [1.82, 2.24) is 10.2 Å². The standard InChI is InChI=1S/C12H26N2/c1-5-14-8-6-7-12(9-14)11(4)13-10(2)3/h10-13H,5-9H2,1-4H3. The second kappa shape index (κ2) is 5.72. The molecule has 2 heteroatoms. The van der Waals surface area contributed by atoms with Gasteiger partial charge in [-0.3, -0.25) is 0 Å². The number of nitrogens with one attached hydrogen (secondary N) is 1. The SMILES string of the molecule is CCN1CCCC(C(C)NC(C)C)C1. The van der Waals surface area contributed by atoms with E-state index in [2.05, 4.69) is 37.9 Å². The molecule has 0 radical (unpaired) electrons. The largest absolute Gasteiger partial charge is 0.312 e. The molecule has 0 bridgehead atoms. The molecular weight excluding hydrogens is 172 g/mol. The van der Waals surface area contributed by atoms with Crippen LogP contribution >= 0.6 is 0 Å². The maximum absolute atomic E-state index is 3.63. The van der Waals surface area contributed by atoms with E-state index in [0.29, 0.717) is 12.1 Å². The Morgan fingerprint density at radius 2 is 2.07 bits per heavy atom. The van der Waals surface area contributed by atoms with Crippen LogP contribution < -0.4 is 5.32 Å². The van der Waals surface area contributed by atoms with Gasteiger partial charge in [0.25, 0.3) is 0 Å². The molecule has 14 heavy (non-hydrogen) atoms. The smallest absolute Gasteiger partial charge is 0.00815 e. The van der Waals surface area contributed by atoms with E-state index >= 15 is 0 Å². The molecule has 1 fully saturated rings. The number of rotatable bonds is 4. The number of nitrogens with zero attached hydrogens (tertiary/aromatic N) is 1. The molecule has 0 amide bonds. The van der Waals surface area contributed by atoms with Gasteiger partial charge >= 0.3 is 0 Å². The van der Waals surface area contributed by atoms with E-state index in [0.717, 1.165) is 5.92 Å². The fourth-order valence-corrected chi connectivity index (χ4v) is 2.45. The highest BCUT2D eigenvalue weighted by Gasteiger charge is 2.23. The fourth-order valence-electron chi connectivity index (χ4n) is 2.45. The highest BCUT2D eigenvalue weighted by Crippen LogP contribution is 2.19. The Hall–Kier alpha value is -0.0800. The zero-order valence-electron chi connectivity index (χ0n) is 10.2. The molecule has 2 atom stereocenters. The zero-order valence-corrected chi connectivity index (χ0v) is 10.2. The molecule has 0 aromatic heterocycles. The van der Waals surface area contributed by atoms with Gasteiger partial charge in [0.15, 0.2) is 0 Å². The van der Waals surface area contributed by atoms with Gasteiger partial charge in [-0.1, -0.05) is 20.8 Å². The third kappa shape index (κ3) is 3.58. The van der Waals surface area contributed by atoms with E-state index in [4.69, 9.17) is 0 Å². The topological polar surface area (TPSA) is 15.3 Å². The van der Waals surface area contributed by atoms with E-state index in [-0.39, 0.29) is 0 Å². The first kappa shape index (κ1) is 12.0. The molecule has 1 heterocycles. The second-order valence-corrected chi connectivity index (χ2v) is 4.91. The Morgan fingerprint density at radius 1 is 1.36 bits per heavy atom. The summed E-state index contributed by atoms with van der Waals surface area (Å²) in [6.45, 7) is 12.9. The summed E-state index contributed by atoms with van der Waals surface area (Å²) in [5.41, 5.74) is 0. The number of piperidine rings is 1. The maximum atomic E-state index is 3.63. The molecule has 0 saturated carbocycles. The highest BCUT2D eigenvalue weighted by atomic mass is 15.1. The van der Waals surface area contributed by atoms with Crippen LogP contribution in [0, 0.1) is 5.92 Å². The second-order valence-electron chi connectivity index (χ2n) is 4.91. The van der Waals surface area contributed by atoms with E-state index in [1.807, 2.05) is 0 Å². The summed E-state index contributed by atoms with van der Waals surface area (Å²) >= 11 is 0. The molecule has 1 rings (SSSR count). The lowest BCUT2D eigenvalue weighted by Gasteiger charge is -2.36. The Kier molecular flexibility index (Phi) is 4.90. The number of hydrogen-bond donors (Lipinski definition) is 1. The molecule has 0 aliphatic carbocycles. The molecule has 84 valence electrons. The van der Waals surface area contributed by atoms with Crippen molar-refractivity contribution in [3.05, 3.63) is 0 Å². The number of hydrogen-bond acceptors (Lipinski definition) is 2. The van der Waals surface area contributed by atoms with Crippen LogP contribution in [-0.2, 0) is 0 Å². The maximum Gasteiger partial charge on any atom is 0.00815 e. The first-order valence-electron chi connectivity index (χ1n) is 6.12. The molecule has 1 N–H and O–H groups in total. The van der Waals surface area contributed by atoms with Crippen LogP contribution in [0.5, 0.6) is 0 Å². The van der Waals surface area contributed by atoms with E-state index in [1.54, 1.807) is 0 Å². The summed E-state index contributed by atoms with van der Waals surface area (Å²) in [5, 5.41) is 3.63. The van der Waals surface area contributed by atoms with Gasteiger partial charge in [-0.2, -0.15) is 0 Å². The average Bonchev–Trinajstić information content (AvgIpc) is 2.17. The first-order chi connectivity index (χ1) is 6.63. The quantitative estimate of drug-likeness (QED) is 0.744. The lowest BCUT2D eigenvalue weighted by Crippen LogP contribution is -2.46. The predicted molar refractivity (Wildman–Crippen MR) is 62.6 cm³/mol. The molecule has 0 aromatic carbocycles. The summed E-state index contributed by atoms with van der Waals surface area (Å²) in [4.78, 5) is 2.58. The minimum atomic E-state index is 0.613. The molecule has 2 nitrogen and oxygen atoms in total. The van der Waals surface area contributed by atoms with Crippen molar-refractivity contribution in [2.75, 3.05) is 19.6 Å². The third-order valence-electron chi connectivity index (χ3n) is 3.29. The van der Waals surface area contributed by atoms with Gasteiger partial charge in [-0.15, -0.1) is 0 Å². The van der Waals surface area contributed by atoms with Gasteiger partial charge < -0.3 is 10.2 Å². The minimum absolute atomic E-state index is 0.613. The Morgan fingerprint density at radius 3 is 2.64 bits per heavy atom. The van der Waals surface area contributed by atoms with Crippen LogP contribution in [-0.4, -0.2) is 36.6 Å². The fraction of sp³-hybridized carbons (Fsp3) is 1.00.